The number of rotatable bonds is 2. The van der Waals surface area contributed by atoms with E-state index in [1.54, 1.807) is 12.1 Å². The third-order valence-corrected chi connectivity index (χ3v) is 2.11. The van der Waals surface area contributed by atoms with E-state index in [4.69, 9.17) is 4.74 Å². The molecule has 0 aliphatic carbocycles. The largest absolute Gasteiger partial charge is 0.482 e. The van der Waals surface area contributed by atoms with Crippen molar-refractivity contribution in [2.24, 2.45) is 0 Å². The van der Waals surface area contributed by atoms with Crippen molar-refractivity contribution in [3.63, 3.8) is 0 Å². The Labute approximate surface area is 79.5 Å². The molecule has 0 aliphatic heterocycles. The Morgan fingerprint density at radius 3 is 2.93 bits per heavy atom. The first-order chi connectivity index (χ1) is 6.77. The number of ether oxygens (including phenoxy) is 1. The van der Waals surface area contributed by atoms with Crippen molar-refractivity contribution in [1.29, 1.82) is 0 Å². The van der Waals surface area contributed by atoms with Gasteiger partial charge < -0.3 is 9.72 Å². The molecule has 1 aromatic heterocycles. The molecule has 0 atom stereocenters. The molecule has 3 nitrogen and oxygen atoms in total. The molecule has 0 radical (unpaired) electrons. The van der Waals surface area contributed by atoms with Crippen LogP contribution in [-0.4, -0.2) is 18.4 Å². The number of nitrogens with one attached hydrogen (secondary N) is 1. The van der Waals surface area contributed by atoms with E-state index in [9.17, 15) is 9.18 Å². The molecule has 0 bridgehead atoms. The smallest absolute Gasteiger partial charge is 0.202 e. The van der Waals surface area contributed by atoms with Crippen molar-refractivity contribution >= 4 is 17.2 Å². The van der Waals surface area contributed by atoms with Gasteiger partial charge in [0.15, 0.2) is 6.29 Å². The van der Waals surface area contributed by atoms with Crippen molar-refractivity contribution in [3.05, 3.63) is 29.6 Å². The lowest BCUT2D eigenvalue weighted by atomic mass is 10.2. The van der Waals surface area contributed by atoms with Gasteiger partial charge in [0.25, 0.3) is 0 Å². The summed E-state index contributed by atoms with van der Waals surface area (Å²) in [4.78, 5) is 13.5. The van der Waals surface area contributed by atoms with Gasteiger partial charge in [-0.15, -0.1) is 0 Å². The van der Waals surface area contributed by atoms with E-state index in [2.05, 4.69) is 4.98 Å². The molecule has 0 saturated carbocycles. The molecule has 1 N–H and O–H groups in total. The van der Waals surface area contributed by atoms with Gasteiger partial charge in [-0.05, 0) is 6.07 Å². The summed E-state index contributed by atoms with van der Waals surface area (Å²) < 4.78 is 18.2. The van der Waals surface area contributed by atoms with Crippen LogP contribution in [0.1, 0.15) is 10.4 Å². The fraction of sp³-hybridized carbons (Fsp3) is 0.100. The summed E-state index contributed by atoms with van der Waals surface area (Å²) >= 11 is 0. The molecule has 4 heteroatoms. The van der Waals surface area contributed by atoms with Gasteiger partial charge in [0.1, 0.15) is 5.82 Å². The van der Waals surface area contributed by atoms with Gasteiger partial charge in [0.05, 0.1) is 18.2 Å². The molecule has 0 saturated heterocycles. The summed E-state index contributed by atoms with van der Waals surface area (Å²) in [7, 11) is 1.43. The van der Waals surface area contributed by atoms with Crippen LogP contribution in [0.15, 0.2) is 18.2 Å². The highest BCUT2D eigenvalue weighted by atomic mass is 19.1. The number of para-hydroxylation sites is 1. The molecule has 0 unspecified atom stereocenters. The molecule has 2 rings (SSSR count). The standard InChI is InChI=1S/C10H8FNO2/c1-14-10-7(5-13)6-3-2-4-8(11)9(6)12-10/h2-5,12H,1H3. The van der Waals surface area contributed by atoms with Gasteiger partial charge in [0, 0.05) is 5.39 Å². The van der Waals surface area contributed by atoms with Crippen LogP contribution in [0.4, 0.5) is 4.39 Å². The van der Waals surface area contributed by atoms with Crippen molar-refractivity contribution < 1.29 is 13.9 Å². The zero-order valence-corrected chi connectivity index (χ0v) is 7.50. The van der Waals surface area contributed by atoms with Crippen molar-refractivity contribution in [1.82, 2.24) is 4.98 Å². The molecule has 0 aliphatic rings. The third-order valence-electron chi connectivity index (χ3n) is 2.11. The van der Waals surface area contributed by atoms with Crippen LogP contribution >= 0.6 is 0 Å². The van der Waals surface area contributed by atoms with E-state index >= 15 is 0 Å². The average Bonchev–Trinajstić information content (AvgIpc) is 2.57. The summed E-state index contributed by atoms with van der Waals surface area (Å²) in [6, 6.07) is 4.55. The lowest BCUT2D eigenvalue weighted by Gasteiger charge is -1.93. The Bertz CT molecular complexity index is 490. The normalized spacial score (nSPS) is 10.4. The maximum atomic E-state index is 13.2. The molecule has 1 heterocycles. The van der Waals surface area contributed by atoms with Gasteiger partial charge in [-0.3, -0.25) is 4.79 Å². The highest BCUT2D eigenvalue weighted by Crippen LogP contribution is 2.27. The number of benzene rings is 1. The molecule has 0 fully saturated rings. The lowest BCUT2D eigenvalue weighted by molar-refractivity contribution is 0.112. The first-order valence-electron chi connectivity index (χ1n) is 4.07. The predicted octanol–water partition coefficient (Wildman–Crippen LogP) is 2.13. The Kier molecular flexibility index (Phi) is 1.96. The second-order valence-corrected chi connectivity index (χ2v) is 2.85. The highest BCUT2D eigenvalue weighted by molar-refractivity contribution is 6.00. The zero-order valence-electron chi connectivity index (χ0n) is 7.50. The molecular formula is C10H8FNO2. The van der Waals surface area contributed by atoms with Gasteiger partial charge in [-0.25, -0.2) is 4.39 Å². The number of hydrogen-bond donors (Lipinski definition) is 1. The van der Waals surface area contributed by atoms with E-state index < -0.39 is 5.82 Å². The van der Waals surface area contributed by atoms with Crippen LogP contribution < -0.4 is 4.74 Å². The van der Waals surface area contributed by atoms with Gasteiger partial charge in [-0.1, -0.05) is 12.1 Å². The number of aromatic nitrogens is 1. The van der Waals surface area contributed by atoms with E-state index in [1.807, 2.05) is 0 Å². The Hall–Kier alpha value is -1.84. The van der Waals surface area contributed by atoms with Crippen LogP contribution in [0.25, 0.3) is 10.9 Å². The summed E-state index contributed by atoms with van der Waals surface area (Å²) in [5.74, 6) is -0.103. The number of carbonyl (C=O) groups is 1. The Balaban J connectivity index is 2.86. The summed E-state index contributed by atoms with van der Waals surface area (Å²) in [5, 5.41) is 0.539. The number of H-pyrrole nitrogens is 1. The number of aromatic amines is 1. The van der Waals surface area contributed by atoms with Crippen molar-refractivity contribution in [2.45, 2.75) is 0 Å². The average molecular weight is 193 g/mol. The Morgan fingerprint density at radius 2 is 2.29 bits per heavy atom. The van der Waals surface area contributed by atoms with Gasteiger partial charge >= 0.3 is 0 Å². The number of fused-ring (bicyclic) bond motifs is 1. The SMILES string of the molecule is COc1[nH]c2c(F)cccc2c1C=O. The second-order valence-electron chi connectivity index (χ2n) is 2.85. The first kappa shape index (κ1) is 8.74. The van der Waals surface area contributed by atoms with Crippen LogP contribution in [0.5, 0.6) is 5.88 Å². The molecule has 0 amide bonds. The van der Waals surface area contributed by atoms with Gasteiger partial charge in [-0.2, -0.15) is 0 Å². The molecule has 14 heavy (non-hydrogen) atoms. The minimum Gasteiger partial charge on any atom is -0.482 e. The highest BCUT2D eigenvalue weighted by Gasteiger charge is 2.13. The fourth-order valence-electron chi connectivity index (χ4n) is 1.46. The topological polar surface area (TPSA) is 42.1 Å². The number of carbonyl (C=O) groups excluding carboxylic acids is 1. The number of halogens is 1. The van der Waals surface area contributed by atoms with Crippen LogP contribution in [0.3, 0.4) is 0 Å². The van der Waals surface area contributed by atoms with Gasteiger partial charge in [0.2, 0.25) is 5.88 Å². The van der Waals surface area contributed by atoms with Crippen LogP contribution in [-0.2, 0) is 0 Å². The maximum absolute atomic E-state index is 13.2. The minimum atomic E-state index is -0.395. The lowest BCUT2D eigenvalue weighted by Crippen LogP contribution is -1.86. The number of hydrogen-bond acceptors (Lipinski definition) is 2. The minimum absolute atomic E-state index is 0.292. The Morgan fingerprint density at radius 1 is 1.50 bits per heavy atom. The van der Waals surface area contributed by atoms with E-state index in [1.165, 1.54) is 13.2 Å². The predicted molar refractivity (Wildman–Crippen MR) is 50.2 cm³/mol. The summed E-state index contributed by atoms with van der Waals surface area (Å²) in [6.07, 6.45) is 0.650. The van der Waals surface area contributed by atoms with E-state index in [0.29, 0.717) is 28.6 Å². The fourth-order valence-corrected chi connectivity index (χ4v) is 1.46. The number of aldehydes is 1. The monoisotopic (exact) mass is 193 g/mol. The molecule has 0 spiro atoms. The van der Waals surface area contributed by atoms with Crippen molar-refractivity contribution in [2.75, 3.05) is 7.11 Å². The molecule has 1 aromatic carbocycles. The maximum Gasteiger partial charge on any atom is 0.202 e. The second kappa shape index (κ2) is 3.14. The van der Waals surface area contributed by atoms with Crippen molar-refractivity contribution in [3.8, 4) is 5.88 Å². The van der Waals surface area contributed by atoms with E-state index in [0.717, 1.165) is 0 Å². The zero-order chi connectivity index (χ0) is 10.1. The summed E-state index contributed by atoms with van der Waals surface area (Å²) in [5.41, 5.74) is 0.647. The van der Waals surface area contributed by atoms with E-state index in [-0.39, 0.29) is 0 Å². The first-order valence-corrected chi connectivity index (χ1v) is 4.07. The number of methoxy groups -OCH3 is 1. The molecule has 72 valence electrons. The summed E-state index contributed by atoms with van der Waals surface area (Å²) in [6.45, 7) is 0. The quantitative estimate of drug-likeness (QED) is 0.742. The van der Waals surface area contributed by atoms with Crippen LogP contribution in [0, 0.1) is 5.82 Å². The third kappa shape index (κ3) is 1.08. The molecule has 2 aromatic rings. The van der Waals surface area contributed by atoms with Crippen LogP contribution in [0.2, 0.25) is 0 Å². The molecular weight excluding hydrogens is 185 g/mol.